The molecule has 2 aromatic rings. The highest BCUT2D eigenvalue weighted by Crippen LogP contribution is 2.29. The fourth-order valence-electron chi connectivity index (χ4n) is 2.56. The van der Waals surface area contributed by atoms with Gasteiger partial charge in [0, 0.05) is 10.8 Å². The lowest BCUT2D eigenvalue weighted by Crippen LogP contribution is -2.29. The predicted molar refractivity (Wildman–Crippen MR) is 124 cm³/mol. The summed E-state index contributed by atoms with van der Waals surface area (Å²) in [5.41, 5.74) is 0.0982. The van der Waals surface area contributed by atoms with E-state index in [0.717, 1.165) is 5.56 Å². The van der Waals surface area contributed by atoms with Gasteiger partial charge in [-0.05, 0) is 44.9 Å². The van der Waals surface area contributed by atoms with Crippen LogP contribution in [0.2, 0.25) is 0 Å². The Hall–Kier alpha value is -2.50. The molecule has 1 heterocycles. The van der Waals surface area contributed by atoms with Gasteiger partial charge >= 0.3 is 16.3 Å². The molecule has 0 spiro atoms. The molecule has 0 aliphatic rings. The first-order chi connectivity index (χ1) is 14.5. The van der Waals surface area contributed by atoms with Gasteiger partial charge in [-0.15, -0.1) is 11.3 Å². The third kappa shape index (κ3) is 8.21. The van der Waals surface area contributed by atoms with Crippen LogP contribution < -0.4 is 10.0 Å². The van der Waals surface area contributed by atoms with Crippen LogP contribution in [-0.2, 0) is 31.1 Å². The summed E-state index contributed by atoms with van der Waals surface area (Å²) in [4.78, 5) is 29.6. The van der Waals surface area contributed by atoms with Crippen LogP contribution in [0, 0.1) is 5.41 Å². The highest BCUT2D eigenvalue weighted by molar-refractivity contribution is 7.87. The Bertz CT molecular complexity index is 1060. The minimum absolute atomic E-state index is 0.186. The summed E-state index contributed by atoms with van der Waals surface area (Å²) in [6.45, 7) is 10.7. The van der Waals surface area contributed by atoms with E-state index in [1.54, 1.807) is 59.1 Å². The van der Waals surface area contributed by atoms with Gasteiger partial charge in [0.2, 0.25) is 5.91 Å². The van der Waals surface area contributed by atoms with E-state index in [9.17, 15) is 18.0 Å². The highest BCUT2D eigenvalue weighted by atomic mass is 32.2. The molecule has 1 aromatic carbocycles. The van der Waals surface area contributed by atoms with Crippen molar-refractivity contribution in [3.05, 3.63) is 40.9 Å². The van der Waals surface area contributed by atoms with Crippen molar-refractivity contribution in [1.29, 1.82) is 0 Å². The van der Waals surface area contributed by atoms with Gasteiger partial charge in [0.05, 0.1) is 11.4 Å². The van der Waals surface area contributed by atoms with E-state index < -0.39 is 33.2 Å². The van der Waals surface area contributed by atoms with Crippen molar-refractivity contribution in [2.45, 2.75) is 59.5 Å². The number of ether oxygens (including phenoxy) is 1. The Morgan fingerprint density at radius 2 is 1.72 bits per heavy atom. The van der Waals surface area contributed by atoms with Gasteiger partial charge < -0.3 is 10.1 Å². The van der Waals surface area contributed by atoms with E-state index in [4.69, 9.17) is 9.29 Å². The number of aromatic nitrogens is 1. The maximum Gasteiger partial charge on any atom is 0.357 e. The van der Waals surface area contributed by atoms with Gasteiger partial charge in [-0.3, -0.25) is 18.9 Å². The summed E-state index contributed by atoms with van der Waals surface area (Å²) in [6, 6.07) is 6.23. The minimum Gasteiger partial charge on any atom is -0.459 e. The Balaban J connectivity index is 2.28. The van der Waals surface area contributed by atoms with Crippen molar-refractivity contribution in [3.8, 4) is 0 Å². The molecule has 9 nitrogen and oxygen atoms in total. The number of hydrogen-bond donors (Lipinski definition) is 3. The molecule has 1 atom stereocenters. The molecule has 0 aliphatic heterocycles. The number of carbonyl (C=O) groups is 2. The standard InChI is InChI=1S/C21H29N3O6S2/c1-20(2,3)18(26)23-19-22-16(12-31-19)15(17(25)30-21(4,5)6)11-13-7-9-14(10-8-13)24-32(27,28)29/h7-10,12,15,24H,11H2,1-6H3,(H,22,23,26)(H,27,28,29). The second-order valence-electron chi connectivity index (χ2n) is 9.35. The van der Waals surface area contributed by atoms with Gasteiger partial charge in [0.25, 0.3) is 0 Å². The minimum atomic E-state index is -4.37. The number of carbonyl (C=O) groups excluding carboxylic acids is 2. The monoisotopic (exact) mass is 483 g/mol. The van der Waals surface area contributed by atoms with Crippen molar-refractivity contribution in [2.24, 2.45) is 5.41 Å². The maximum absolute atomic E-state index is 12.9. The molecule has 0 radical (unpaired) electrons. The Labute approximate surface area is 192 Å². The lowest BCUT2D eigenvalue weighted by molar-refractivity contribution is -0.156. The number of hydrogen-bond acceptors (Lipinski definition) is 7. The fourth-order valence-corrected chi connectivity index (χ4v) is 3.76. The first kappa shape index (κ1) is 25.8. The summed E-state index contributed by atoms with van der Waals surface area (Å²) in [6.07, 6.45) is 0.247. The zero-order valence-electron chi connectivity index (χ0n) is 18.9. The van der Waals surface area contributed by atoms with E-state index in [1.165, 1.54) is 23.5 Å². The fraction of sp³-hybridized carbons (Fsp3) is 0.476. The second-order valence-corrected chi connectivity index (χ2v) is 11.4. The van der Waals surface area contributed by atoms with Gasteiger partial charge in [-0.25, -0.2) is 4.98 Å². The predicted octanol–water partition coefficient (Wildman–Crippen LogP) is 4.01. The zero-order valence-corrected chi connectivity index (χ0v) is 20.6. The van der Waals surface area contributed by atoms with Crippen LogP contribution in [0.25, 0.3) is 0 Å². The molecule has 0 bridgehead atoms. The largest absolute Gasteiger partial charge is 0.459 e. The number of esters is 1. The SMILES string of the molecule is CC(C)(C)OC(=O)C(Cc1ccc(NS(=O)(=O)O)cc1)c1csc(NC(=O)C(C)(C)C)n1. The molecular weight excluding hydrogens is 454 g/mol. The molecule has 3 N–H and O–H groups in total. The molecule has 11 heteroatoms. The molecule has 1 unspecified atom stereocenters. The third-order valence-electron chi connectivity index (χ3n) is 4.11. The zero-order chi connectivity index (χ0) is 24.3. The average molecular weight is 484 g/mol. The molecule has 0 saturated heterocycles. The van der Waals surface area contributed by atoms with Crippen molar-refractivity contribution in [1.82, 2.24) is 4.98 Å². The third-order valence-corrected chi connectivity index (χ3v) is 5.38. The lowest BCUT2D eigenvalue weighted by Gasteiger charge is -2.23. The van der Waals surface area contributed by atoms with Crippen LogP contribution in [0.15, 0.2) is 29.6 Å². The van der Waals surface area contributed by atoms with Crippen LogP contribution in [0.3, 0.4) is 0 Å². The molecule has 176 valence electrons. The quantitative estimate of drug-likeness (QED) is 0.400. The number of anilines is 2. The Morgan fingerprint density at radius 1 is 1.12 bits per heavy atom. The van der Waals surface area contributed by atoms with Crippen LogP contribution in [-0.4, -0.2) is 35.4 Å². The Kier molecular flexibility index (Phi) is 7.69. The van der Waals surface area contributed by atoms with E-state index in [2.05, 4.69) is 10.3 Å². The number of rotatable bonds is 7. The summed E-state index contributed by atoms with van der Waals surface area (Å²) in [5, 5.41) is 4.86. The van der Waals surface area contributed by atoms with Crippen molar-refractivity contribution < 1.29 is 27.3 Å². The van der Waals surface area contributed by atoms with E-state index in [1.807, 2.05) is 4.72 Å². The van der Waals surface area contributed by atoms with Crippen LogP contribution in [0.5, 0.6) is 0 Å². The molecule has 1 aromatic heterocycles. The van der Waals surface area contributed by atoms with Gasteiger partial charge in [-0.2, -0.15) is 8.42 Å². The van der Waals surface area contributed by atoms with E-state index >= 15 is 0 Å². The van der Waals surface area contributed by atoms with Crippen LogP contribution >= 0.6 is 11.3 Å². The molecule has 0 saturated carbocycles. The van der Waals surface area contributed by atoms with Crippen molar-refractivity contribution in [3.63, 3.8) is 0 Å². The normalized spacial score (nSPS) is 13.3. The first-order valence-electron chi connectivity index (χ1n) is 9.87. The number of benzene rings is 1. The molecule has 1 amide bonds. The summed E-state index contributed by atoms with van der Waals surface area (Å²) in [5.74, 6) is -1.38. The summed E-state index contributed by atoms with van der Waals surface area (Å²) in [7, 11) is -4.37. The van der Waals surface area contributed by atoms with Crippen LogP contribution in [0.4, 0.5) is 10.8 Å². The molecular formula is C21H29N3O6S2. The van der Waals surface area contributed by atoms with Crippen LogP contribution in [0.1, 0.15) is 58.7 Å². The van der Waals surface area contributed by atoms with Crippen molar-refractivity contribution >= 4 is 44.3 Å². The molecule has 2 rings (SSSR count). The molecule has 32 heavy (non-hydrogen) atoms. The second kappa shape index (κ2) is 9.55. The Morgan fingerprint density at radius 3 is 2.22 bits per heavy atom. The van der Waals surface area contributed by atoms with E-state index in [-0.39, 0.29) is 18.0 Å². The van der Waals surface area contributed by atoms with Crippen molar-refractivity contribution in [2.75, 3.05) is 10.0 Å². The number of thiazole rings is 1. The van der Waals surface area contributed by atoms with Gasteiger partial charge in [0.15, 0.2) is 5.13 Å². The van der Waals surface area contributed by atoms with E-state index in [0.29, 0.717) is 10.8 Å². The number of nitrogens with zero attached hydrogens (tertiary/aromatic N) is 1. The van der Waals surface area contributed by atoms with Gasteiger partial charge in [-0.1, -0.05) is 32.9 Å². The summed E-state index contributed by atoms with van der Waals surface area (Å²) < 4.78 is 38.3. The smallest absolute Gasteiger partial charge is 0.357 e. The first-order valence-corrected chi connectivity index (χ1v) is 12.2. The topological polar surface area (TPSA) is 135 Å². The summed E-state index contributed by atoms with van der Waals surface area (Å²) >= 11 is 1.22. The average Bonchev–Trinajstić information content (AvgIpc) is 3.05. The number of nitrogens with one attached hydrogen (secondary N) is 2. The van der Waals surface area contributed by atoms with Gasteiger partial charge in [0.1, 0.15) is 11.5 Å². The highest BCUT2D eigenvalue weighted by Gasteiger charge is 2.30. The lowest BCUT2D eigenvalue weighted by atomic mass is 9.96. The maximum atomic E-state index is 12.9. The molecule has 0 aliphatic carbocycles. The number of amides is 1. The molecule has 0 fully saturated rings.